The highest BCUT2D eigenvalue weighted by Crippen LogP contribution is 2.33. The molecule has 0 unspecified atom stereocenters. The Morgan fingerprint density at radius 3 is 2.30 bits per heavy atom. The number of methoxy groups -OCH3 is 1. The summed E-state index contributed by atoms with van der Waals surface area (Å²) in [6.45, 7) is 9.60. The van der Waals surface area contributed by atoms with E-state index in [1.165, 1.54) is 30.5 Å². The van der Waals surface area contributed by atoms with Crippen molar-refractivity contribution in [3.8, 4) is 0 Å². The van der Waals surface area contributed by atoms with Crippen molar-refractivity contribution in [2.75, 3.05) is 7.11 Å². The quantitative estimate of drug-likeness (QED) is 0.744. The van der Waals surface area contributed by atoms with Crippen molar-refractivity contribution in [2.24, 2.45) is 10.9 Å². The van der Waals surface area contributed by atoms with Gasteiger partial charge in [0.15, 0.2) is 4.80 Å². The molecular formula is C21H26N2O3S. The maximum atomic E-state index is 12.7. The number of benzene rings is 1. The Kier molecular flexibility index (Phi) is 5.38. The molecule has 6 heteroatoms. The van der Waals surface area contributed by atoms with Crippen LogP contribution >= 0.6 is 11.3 Å². The van der Waals surface area contributed by atoms with Gasteiger partial charge in [-0.2, -0.15) is 4.99 Å². The van der Waals surface area contributed by atoms with E-state index in [0.717, 1.165) is 11.3 Å². The first-order valence-electron chi connectivity index (χ1n) is 9.19. The third-order valence-corrected chi connectivity index (χ3v) is 6.33. The van der Waals surface area contributed by atoms with Crippen LogP contribution in [0.2, 0.25) is 0 Å². The molecule has 3 rings (SSSR count). The number of amides is 1. The number of rotatable bonds is 4. The topological polar surface area (TPSA) is 60.7 Å². The minimum atomic E-state index is -0.420. The predicted molar refractivity (Wildman–Crippen MR) is 106 cm³/mol. The molecular weight excluding hydrogens is 360 g/mol. The second-order valence-corrected chi connectivity index (χ2v) is 9.07. The van der Waals surface area contributed by atoms with Gasteiger partial charge in [-0.25, -0.2) is 4.79 Å². The van der Waals surface area contributed by atoms with Crippen molar-refractivity contribution < 1.29 is 14.3 Å². The minimum absolute atomic E-state index is 0.0129. The maximum Gasteiger partial charge on any atom is 0.337 e. The Labute approximate surface area is 163 Å². The zero-order valence-corrected chi connectivity index (χ0v) is 17.4. The van der Waals surface area contributed by atoms with Gasteiger partial charge in [0.05, 0.1) is 12.7 Å². The summed E-state index contributed by atoms with van der Waals surface area (Å²) >= 11 is 1.60. The van der Waals surface area contributed by atoms with Crippen LogP contribution in [0.3, 0.4) is 0 Å². The monoisotopic (exact) mass is 386 g/mol. The highest BCUT2D eigenvalue weighted by atomic mass is 32.1. The van der Waals surface area contributed by atoms with Gasteiger partial charge < -0.3 is 9.30 Å². The van der Waals surface area contributed by atoms with Crippen LogP contribution in [0.4, 0.5) is 0 Å². The Bertz CT molecular complexity index is 926. The van der Waals surface area contributed by atoms with Crippen LogP contribution in [0.1, 0.15) is 64.9 Å². The number of hydrogen-bond acceptors (Lipinski definition) is 4. The molecule has 1 fully saturated rings. The molecule has 0 radical (unpaired) electrons. The van der Waals surface area contributed by atoms with Crippen molar-refractivity contribution in [2.45, 2.75) is 52.5 Å². The molecule has 0 bridgehead atoms. The van der Waals surface area contributed by atoms with Crippen LogP contribution in [-0.4, -0.2) is 23.6 Å². The van der Waals surface area contributed by atoms with Gasteiger partial charge in [0.25, 0.3) is 5.91 Å². The van der Waals surface area contributed by atoms with Crippen molar-refractivity contribution in [3.05, 3.63) is 50.8 Å². The first-order chi connectivity index (χ1) is 12.7. The average molecular weight is 387 g/mol. The van der Waals surface area contributed by atoms with Crippen molar-refractivity contribution in [1.82, 2.24) is 4.57 Å². The van der Waals surface area contributed by atoms with Gasteiger partial charge >= 0.3 is 5.97 Å². The van der Waals surface area contributed by atoms with Crippen molar-refractivity contribution >= 4 is 23.2 Å². The first-order valence-corrected chi connectivity index (χ1v) is 10.0. The molecule has 0 aliphatic heterocycles. The zero-order valence-electron chi connectivity index (χ0n) is 16.5. The van der Waals surface area contributed by atoms with E-state index < -0.39 is 5.97 Å². The largest absolute Gasteiger partial charge is 0.465 e. The van der Waals surface area contributed by atoms with Crippen LogP contribution in [0.5, 0.6) is 0 Å². The number of carbonyl (C=O) groups excluding carboxylic acids is 2. The highest BCUT2D eigenvalue weighted by Gasteiger charge is 2.27. The Morgan fingerprint density at radius 1 is 1.19 bits per heavy atom. The highest BCUT2D eigenvalue weighted by molar-refractivity contribution is 7.09. The molecule has 1 aliphatic rings. The molecule has 1 aromatic heterocycles. The fraction of sp³-hybridized carbons (Fsp3) is 0.476. The summed E-state index contributed by atoms with van der Waals surface area (Å²) in [4.78, 5) is 30.7. The lowest BCUT2D eigenvalue weighted by atomic mass is 9.93. The Hall–Kier alpha value is -2.21. The summed E-state index contributed by atoms with van der Waals surface area (Å²) in [5.41, 5.74) is 2.09. The number of esters is 1. The summed E-state index contributed by atoms with van der Waals surface area (Å²) in [5.74, 6) is -0.0194. The van der Waals surface area contributed by atoms with Gasteiger partial charge in [-0.3, -0.25) is 4.79 Å². The molecule has 1 saturated carbocycles. The summed E-state index contributed by atoms with van der Waals surface area (Å²) in [6, 6.07) is 6.42. The van der Waals surface area contributed by atoms with Gasteiger partial charge in [-0.15, -0.1) is 11.3 Å². The van der Waals surface area contributed by atoms with Crippen LogP contribution in [0, 0.1) is 12.8 Å². The van der Waals surface area contributed by atoms with Crippen molar-refractivity contribution in [3.63, 3.8) is 0 Å². The molecule has 27 heavy (non-hydrogen) atoms. The van der Waals surface area contributed by atoms with Crippen molar-refractivity contribution in [1.29, 1.82) is 0 Å². The first kappa shape index (κ1) is 19.5. The summed E-state index contributed by atoms with van der Waals surface area (Å²) < 4.78 is 6.89. The van der Waals surface area contributed by atoms with Gasteiger partial charge in [0.2, 0.25) is 0 Å². The van der Waals surface area contributed by atoms with Crippen LogP contribution in [0.15, 0.2) is 29.3 Å². The van der Waals surface area contributed by atoms with E-state index in [1.54, 1.807) is 35.6 Å². The summed E-state index contributed by atoms with van der Waals surface area (Å²) in [5, 5.41) is 0. The van der Waals surface area contributed by atoms with Crippen LogP contribution in [0.25, 0.3) is 0 Å². The molecule has 0 spiro atoms. The zero-order chi connectivity index (χ0) is 19.8. The lowest BCUT2D eigenvalue weighted by Gasteiger charge is -2.17. The van der Waals surface area contributed by atoms with E-state index in [4.69, 9.17) is 0 Å². The molecule has 144 valence electrons. The molecule has 0 saturated heterocycles. The molecule has 2 aromatic rings. The van der Waals surface area contributed by atoms with E-state index in [0.29, 0.717) is 17.0 Å². The summed E-state index contributed by atoms with van der Waals surface area (Å²) in [7, 11) is 1.33. The van der Waals surface area contributed by atoms with Gasteiger partial charge in [-0.05, 0) is 55.4 Å². The predicted octanol–water partition coefficient (Wildman–Crippen LogP) is 4.09. The molecule has 0 N–H and O–H groups in total. The number of carbonyl (C=O) groups is 2. The Morgan fingerprint density at radius 2 is 1.78 bits per heavy atom. The lowest BCUT2D eigenvalue weighted by Crippen LogP contribution is -2.20. The number of aromatic nitrogens is 1. The molecule has 5 nitrogen and oxygen atoms in total. The normalized spacial score (nSPS) is 15.1. The second-order valence-electron chi connectivity index (χ2n) is 8.09. The van der Waals surface area contributed by atoms with E-state index in [2.05, 4.69) is 42.0 Å². The molecule has 1 amide bonds. The molecule has 0 atom stereocenters. The number of ether oxygens (including phenoxy) is 1. The number of thiazole rings is 1. The van der Waals surface area contributed by atoms with Gasteiger partial charge in [0.1, 0.15) is 0 Å². The fourth-order valence-corrected chi connectivity index (χ4v) is 4.25. The average Bonchev–Trinajstić information content (AvgIpc) is 3.39. The lowest BCUT2D eigenvalue weighted by molar-refractivity contribution is 0.0600. The smallest absolute Gasteiger partial charge is 0.337 e. The van der Waals surface area contributed by atoms with Crippen LogP contribution < -0.4 is 4.80 Å². The SMILES string of the molecule is COC(=O)c1ccc(C(=O)N=c2sc(C(C)(C)C)c(C)n2CC2CC2)cc1. The van der Waals surface area contributed by atoms with Gasteiger partial charge in [-0.1, -0.05) is 20.8 Å². The minimum Gasteiger partial charge on any atom is -0.465 e. The third kappa shape index (κ3) is 4.38. The van der Waals surface area contributed by atoms with Crippen LogP contribution in [-0.2, 0) is 16.7 Å². The Balaban J connectivity index is 1.97. The van der Waals surface area contributed by atoms with E-state index in [-0.39, 0.29) is 11.3 Å². The molecule has 1 aliphatic carbocycles. The standard InChI is InChI=1S/C21H26N2O3S/c1-13-17(21(2,3)4)27-20(23(13)12-14-6-7-14)22-18(24)15-8-10-16(11-9-15)19(25)26-5/h8-11,14H,6-7,12H2,1-5H3. The maximum absolute atomic E-state index is 12.7. The second kappa shape index (κ2) is 7.43. The van der Waals surface area contributed by atoms with Gasteiger partial charge in [0, 0.05) is 22.7 Å². The number of nitrogens with zero attached hydrogens (tertiary/aromatic N) is 2. The number of hydrogen-bond donors (Lipinski definition) is 0. The third-order valence-electron chi connectivity index (χ3n) is 4.73. The van der Waals surface area contributed by atoms with E-state index in [9.17, 15) is 9.59 Å². The summed E-state index contributed by atoms with van der Waals surface area (Å²) in [6.07, 6.45) is 2.49. The molecule has 1 heterocycles. The molecule has 1 aromatic carbocycles. The van der Waals surface area contributed by atoms with E-state index >= 15 is 0 Å². The van der Waals surface area contributed by atoms with E-state index in [1.807, 2.05) is 0 Å². The fourth-order valence-electron chi connectivity index (χ4n) is 3.06.